The van der Waals surface area contributed by atoms with Crippen LogP contribution in [-0.2, 0) is 4.74 Å². The first-order valence-electron chi connectivity index (χ1n) is 8.54. The molecule has 1 aliphatic heterocycles. The number of hydrogen-bond acceptors (Lipinski definition) is 2. The summed E-state index contributed by atoms with van der Waals surface area (Å²) in [5, 5.41) is 3.74. The van der Waals surface area contributed by atoms with Gasteiger partial charge in [-0.2, -0.15) is 0 Å². The monoisotopic (exact) mass is 289 g/mol. The first-order valence-corrected chi connectivity index (χ1v) is 8.54. The van der Waals surface area contributed by atoms with Crippen molar-refractivity contribution in [3.05, 3.63) is 34.4 Å². The van der Waals surface area contributed by atoms with Crippen LogP contribution in [0.15, 0.2) is 12.1 Å². The SMILES string of the molecule is CCCNC(CCC1CCCO1)c1cc(C)c(C)cc1C. The Morgan fingerprint density at radius 3 is 2.62 bits per heavy atom. The van der Waals surface area contributed by atoms with E-state index in [2.05, 4.69) is 45.1 Å². The third-order valence-corrected chi connectivity index (χ3v) is 4.70. The number of aryl methyl sites for hydroxylation is 3. The van der Waals surface area contributed by atoms with Gasteiger partial charge in [-0.3, -0.25) is 0 Å². The average Bonchev–Trinajstić information content (AvgIpc) is 2.97. The van der Waals surface area contributed by atoms with Gasteiger partial charge in [-0.05, 0) is 81.7 Å². The summed E-state index contributed by atoms with van der Waals surface area (Å²) in [4.78, 5) is 0. The van der Waals surface area contributed by atoms with Crippen LogP contribution in [0.4, 0.5) is 0 Å². The average molecular weight is 289 g/mol. The molecule has 1 aromatic rings. The second-order valence-electron chi connectivity index (χ2n) is 6.51. The summed E-state index contributed by atoms with van der Waals surface area (Å²) in [5.74, 6) is 0. The van der Waals surface area contributed by atoms with Crippen molar-refractivity contribution in [2.75, 3.05) is 13.2 Å². The summed E-state index contributed by atoms with van der Waals surface area (Å²) < 4.78 is 5.79. The lowest BCUT2D eigenvalue weighted by molar-refractivity contribution is 0.0995. The molecule has 0 aliphatic carbocycles. The highest BCUT2D eigenvalue weighted by molar-refractivity contribution is 5.38. The van der Waals surface area contributed by atoms with Crippen molar-refractivity contribution >= 4 is 0 Å². The Bertz CT molecular complexity index is 449. The molecule has 0 amide bonds. The van der Waals surface area contributed by atoms with Gasteiger partial charge >= 0.3 is 0 Å². The van der Waals surface area contributed by atoms with E-state index in [4.69, 9.17) is 4.74 Å². The molecular formula is C19H31NO. The van der Waals surface area contributed by atoms with Gasteiger partial charge in [-0.15, -0.1) is 0 Å². The largest absolute Gasteiger partial charge is 0.378 e. The van der Waals surface area contributed by atoms with Crippen LogP contribution in [0.3, 0.4) is 0 Å². The highest BCUT2D eigenvalue weighted by Crippen LogP contribution is 2.28. The third kappa shape index (κ3) is 4.55. The molecule has 2 unspecified atom stereocenters. The normalized spacial score (nSPS) is 19.9. The molecule has 1 heterocycles. The quantitative estimate of drug-likeness (QED) is 0.791. The molecular weight excluding hydrogens is 258 g/mol. The van der Waals surface area contributed by atoms with Crippen molar-refractivity contribution in [1.82, 2.24) is 5.32 Å². The Morgan fingerprint density at radius 2 is 1.95 bits per heavy atom. The minimum absolute atomic E-state index is 0.466. The standard InChI is InChI=1S/C19H31NO/c1-5-10-20-19(9-8-17-7-6-11-21-17)18-13-15(3)14(2)12-16(18)4/h12-13,17,19-20H,5-11H2,1-4H3. The zero-order valence-electron chi connectivity index (χ0n) is 14.2. The molecule has 1 N–H and O–H groups in total. The highest BCUT2D eigenvalue weighted by Gasteiger charge is 2.20. The molecule has 1 saturated heterocycles. The lowest BCUT2D eigenvalue weighted by atomic mass is 9.92. The summed E-state index contributed by atoms with van der Waals surface area (Å²) >= 11 is 0. The molecule has 21 heavy (non-hydrogen) atoms. The van der Waals surface area contributed by atoms with Gasteiger partial charge in [-0.1, -0.05) is 19.1 Å². The summed E-state index contributed by atoms with van der Waals surface area (Å²) in [7, 11) is 0. The van der Waals surface area contributed by atoms with E-state index in [1.54, 1.807) is 0 Å². The molecule has 1 fully saturated rings. The van der Waals surface area contributed by atoms with Gasteiger partial charge in [0.2, 0.25) is 0 Å². The van der Waals surface area contributed by atoms with Crippen LogP contribution < -0.4 is 5.32 Å². The maximum absolute atomic E-state index is 5.79. The van der Waals surface area contributed by atoms with Gasteiger partial charge in [0, 0.05) is 12.6 Å². The predicted molar refractivity (Wildman–Crippen MR) is 89.9 cm³/mol. The smallest absolute Gasteiger partial charge is 0.0576 e. The molecule has 1 aromatic carbocycles. The fraction of sp³-hybridized carbons (Fsp3) is 0.684. The van der Waals surface area contributed by atoms with E-state index >= 15 is 0 Å². The maximum atomic E-state index is 5.79. The van der Waals surface area contributed by atoms with Crippen molar-refractivity contribution in [2.45, 2.75) is 71.9 Å². The van der Waals surface area contributed by atoms with Gasteiger partial charge < -0.3 is 10.1 Å². The summed E-state index contributed by atoms with van der Waals surface area (Å²) in [5.41, 5.74) is 5.68. The lowest BCUT2D eigenvalue weighted by Gasteiger charge is -2.23. The minimum atomic E-state index is 0.466. The molecule has 0 spiro atoms. The zero-order chi connectivity index (χ0) is 15.2. The number of nitrogens with one attached hydrogen (secondary N) is 1. The van der Waals surface area contributed by atoms with Crippen molar-refractivity contribution in [3.8, 4) is 0 Å². The Hall–Kier alpha value is -0.860. The second kappa shape index (κ2) is 7.95. The van der Waals surface area contributed by atoms with Crippen LogP contribution in [0.5, 0.6) is 0 Å². The first kappa shape index (κ1) is 16.5. The predicted octanol–water partition coefficient (Wildman–Crippen LogP) is 4.61. The van der Waals surface area contributed by atoms with Crippen molar-refractivity contribution in [3.63, 3.8) is 0 Å². The van der Waals surface area contributed by atoms with Gasteiger partial charge in [0.15, 0.2) is 0 Å². The zero-order valence-corrected chi connectivity index (χ0v) is 14.2. The summed E-state index contributed by atoms with van der Waals surface area (Å²) in [6.45, 7) is 10.9. The Balaban J connectivity index is 2.08. The molecule has 2 nitrogen and oxygen atoms in total. The van der Waals surface area contributed by atoms with Crippen LogP contribution in [0, 0.1) is 20.8 Å². The Labute approximate surface area is 130 Å². The molecule has 0 bridgehead atoms. The van der Waals surface area contributed by atoms with Crippen LogP contribution in [0.2, 0.25) is 0 Å². The van der Waals surface area contributed by atoms with Gasteiger partial charge in [-0.25, -0.2) is 0 Å². The van der Waals surface area contributed by atoms with E-state index in [-0.39, 0.29) is 0 Å². The van der Waals surface area contributed by atoms with Crippen LogP contribution >= 0.6 is 0 Å². The molecule has 1 aliphatic rings. The van der Waals surface area contributed by atoms with Gasteiger partial charge in [0.1, 0.15) is 0 Å². The first-order chi connectivity index (χ1) is 10.1. The topological polar surface area (TPSA) is 21.3 Å². The Morgan fingerprint density at radius 1 is 1.19 bits per heavy atom. The van der Waals surface area contributed by atoms with Gasteiger partial charge in [0.05, 0.1) is 6.10 Å². The molecule has 2 rings (SSSR count). The van der Waals surface area contributed by atoms with Crippen molar-refractivity contribution in [1.29, 1.82) is 0 Å². The van der Waals surface area contributed by atoms with E-state index in [1.807, 2.05) is 0 Å². The Kier molecular flexibility index (Phi) is 6.25. The van der Waals surface area contributed by atoms with Crippen molar-refractivity contribution in [2.24, 2.45) is 0 Å². The fourth-order valence-corrected chi connectivity index (χ4v) is 3.27. The van der Waals surface area contributed by atoms with E-state index in [0.717, 1.165) is 13.2 Å². The van der Waals surface area contributed by atoms with E-state index in [1.165, 1.54) is 54.4 Å². The number of rotatable bonds is 7. The molecule has 0 radical (unpaired) electrons. The van der Waals surface area contributed by atoms with Gasteiger partial charge in [0.25, 0.3) is 0 Å². The van der Waals surface area contributed by atoms with Crippen molar-refractivity contribution < 1.29 is 4.74 Å². The van der Waals surface area contributed by atoms with E-state index in [0.29, 0.717) is 12.1 Å². The van der Waals surface area contributed by atoms with Crippen LogP contribution in [-0.4, -0.2) is 19.3 Å². The van der Waals surface area contributed by atoms with Crippen LogP contribution in [0.25, 0.3) is 0 Å². The number of ether oxygens (including phenoxy) is 1. The van der Waals surface area contributed by atoms with Crippen LogP contribution in [0.1, 0.15) is 67.3 Å². The van der Waals surface area contributed by atoms with E-state index < -0.39 is 0 Å². The second-order valence-corrected chi connectivity index (χ2v) is 6.51. The number of benzene rings is 1. The third-order valence-electron chi connectivity index (χ3n) is 4.70. The minimum Gasteiger partial charge on any atom is -0.378 e. The maximum Gasteiger partial charge on any atom is 0.0576 e. The fourth-order valence-electron chi connectivity index (χ4n) is 3.27. The lowest BCUT2D eigenvalue weighted by Crippen LogP contribution is -2.24. The summed E-state index contributed by atoms with van der Waals surface area (Å²) in [6, 6.07) is 5.18. The molecule has 2 heteroatoms. The van der Waals surface area contributed by atoms with E-state index in [9.17, 15) is 0 Å². The summed E-state index contributed by atoms with van der Waals surface area (Å²) in [6.07, 6.45) is 6.50. The molecule has 0 aromatic heterocycles. The molecule has 118 valence electrons. The molecule has 2 atom stereocenters. The highest BCUT2D eigenvalue weighted by atomic mass is 16.5. The number of hydrogen-bond donors (Lipinski definition) is 1. The molecule has 0 saturated carbocycles.